The maximum Gasteiger partial charge on any atom is 0.332 e. The van der Waals surface area contributed by atoms with Gasteiger partial charge in [-0.15, -0.1) is 5.10 Å². The lowest BCUT2D eigenvalue weighted by Crippen LogP contribution is -2.36. The molecule has 0 saturated carbocycles. The molecule has 0 atom stereocenters. The van der Waals surface area contributed by atoms with Crippen LogP contribution in [0, 0.1) is 11.3 Å². The third-order valence-electron chi connectivity index (χ3n) is 2.89. The Morgan fingerprint density at radius 3 is 2.70 bits per heavy atom. The van der Waals surface area contributed by atoms with E-state index in [2.05, 4.69) is 20.1 Å². The summed E-state index contributed by atoms with van der Waals surface area (Å²) in [6.07, 6.45) is 1.29. The predicted octanol–water partition coefficient (Wildman–Crippen LogP) is -1.59. The van der Waals surface area contributed by atoms with Gasteiger partial charge in [-0.1, -0.05) is 0 Å². The number of aromatic nitrogens is 7. The SMILES string of the molecule is Cn1c(=O)c2[nH]c(-n3cnc(C#N)n3)nc2n(C)c1=O. The Morgan fingerprint density at radius 2 is 2.05 bits per heavy atom. The number of H-pyrrole nitrogens is 1. The molecular weight excluding hydrogens is 264 g/mol. The average molecular weight is 272 g/mol. The molecule has 0 aromatic carbocycles. The third-order valence-corrected chi connectivity index (χ3v) is 2.89. The summed E-state index contributed by atoms with van der Waals surface area (Å²) in [5, 5.41) is 12.5. The highest BCUT2D eigenvalue weighted by Crippen LogP contribution is 2.07. The smallest absolute Gasteiger partial charge is 0.316 e. The number of hydrogen-bond acceptors (Lipinski definition) is 6. The zero-order valence-corrected chi connectivity index (χ0v) is 10.5. The number of aromatic amines is 1. The number of hydrogen-bond donors (Lipinski definition) is 1. The van der Waals surface area contributed by atoms with Gasteiger partial charge in [0.2, 0.25) is 5.95 Å². The number of nitrogens with zero attached hydrogens (tertiary/aromatic N) is 7. The normalized spacial score (nSPS) is 10.8. The molecule has 10 heteroatoms. The Hall–Kier alpha value is -3.22. The van der Waals surface area contributed by atoms with Crippen molar-refractivity contribution in [3.05, 3.63) is 33.0 Å². The van der Waals surface area contributed by atoms with Crippen LogP contribution >= 0.6 is 0 Å². The average Bonchev–Trinajstić information content (AvgIpc) is 3.08. The number of imidazole rings is 1. The van der Waals surface area contributed by atoms with Crippen molar-refractivity contribution in [2.24, 2.45) is 14.1 Å². The molecule has 0 amide bonds. The van der Waals surface area contributed by atoms with E-state index in [0.717, 1.165) is 4.57 Å². The Bertz CT molecular complexity index is 979. The first kappa shape index (κ1) is 11.8. The zero-order valence-electron chi connectivity index (χ0n) is 10.5. The predicted molar refractivity (Wildman–Crippen MR) is 66.2 cm³/mol. The van der Waals surface area contributed by atoms with Gasteiger partial charge in [0.15, 0.2) is 11.2 Å². The van der Waals surface area contributed by atoms with E-state index >= 15 is 0 Å². The molecule has 0 saturated heterocycles. The molecule has 20 heavy (non-hydrogen) atoms. The van der Waals surface area contributed by atoms with Crippen LogP contribution in [0.5, 0.6) is 0 Å². The molecule has 0 unspecified atom stereocenters. The number of fused-ring (bicyclic) bond motifs is 1. The van der Waals surface area contributed by atoms with E-state index in [4.69, 9.17) is 5.26 Å². The first-order valence-electron chi connectivity index (χ1n) is 5.51. The molecule has 3 aromatic rings. The van der Waals surface area contributed by atoms with Crippen LogP contribution in [0.4, 0.5) is 0 Å². The lowest BCUT2D eigenvalue weighted by Gasteiger charge is -2.00. The van der Waals surface area contributed by atoms with Gasteiger partial charge in [-0.3, -0.25) is 13.9 Å². The molecule has 0 aliphatic carbocycles. The van der Waals surface area contributed by atoms with Crippen molar-refractivity contribution in [3.63, 3.8) is 0 Å². The van der Waals surface area contributed by atoms with Crippen LogP contribution in [0.1, 0.15) is 5.82 Å². The molecule has 100 valence electrons. The van der Waals surface area contributed by atoms with Crippen molar-refractivity contribution in [1.29, 1.82) is 5.26 Å². The molecule has 0 radical (unpaired) electrons. The molecule has 3 aromatic heterocycles. The summed E-state index contributed by atoms with van der Waals surface area (Å²) in [6.45, 7) is 0. The maximum atomic E-state index is 12.0. The first-order valence-corrected chi connectivity index (χ1v) is 5.51. The van der Waals surface area contributed by atoms with Crippen LogP contribution in [0.3, 0.4) is 0 Å². The van der Waals surface area contributed by atoms with Crippen LogP contribution < -0.4 is 11.2 Å². The van der Waals surface area contributed by atoms with E-state index in [-0.39, 0.29) is 22.9 Å². The highest BCUT2D eigenvalue weighted by molar-refractivity contribution is 5.71. The Labute approximate surface area is 110 Å². The Kier molecular flexibility index (Phi) is 2.30. The number of nitriles is 1. The Balaban J connectivity index is 2.34. The van der Waals surface area contributed by atoms with E-state index in [1.807, 2.05) is 0 Å². The quantitative estimate of drug-likeness (QED) is 0.569. The number of nitrogens with one attached hydrogen (secondary N) is 1. The molecule has 3 heterocycles. The van der Waals surface area contributed by atoms with Gasteiger partial charge in [-0.25, -0.2) is 9.78 Å². The standard InChI is InChI=1S/C10H8N8O2/c1-16-7-6(8(19)17(2)10(16)20)13-9(14-7)18-4-12-5(3-11)15-18/h4H,1-2H3,(H,13,14). The first-order chi connectivity index (χ1) is 9.52. The summed E-state index contributed by atoms with van der Waals surface area (Å²) in [7, 11) is 2.89. The molecule has 0 bridgehead atoms. The van der Waals surface area contributed by atoms with Gasteiger partial charge in [0.25, 0.3) is 11.4 Å². The minimum absolute atomic E-state index is 0.0211. The summed E-state index contributed by atoms with van der Waals surface area (Å²) < 4.78 is 3.45. The van der Waals surface area contributed by atoms with Crippen LogP contribution in [-0.4, -0.2) is 33.9 Å². The van der Waals surface area contributed by atoms with Crippen LogP contribution in [0.2, 0.25) is 0 Å². The summed E-state index contributed by atoms with van der Waals surface area (Å²) >= 11 is 0. The zero-order chi connectivity index (χ0) is 14.4. The van der Waals surface area contributed by atoms with Crippen molar-refractivity contribution in [2.75, 3.05) is 0 Å². The van der Waals surface area contributed by atoms with Gasteiger partial charge in [-0.05, 0) is 0 Å². The minimum atomic E-state index is -0.484. The minimum Gasteiger partial charge on any atom is -0.316 e. The van der Waals surface area contributed by atoms with E-state index in [9.17, 15) is 9.59 Å². The van der Waals surface area contributed by atoms with Gasteiger partial charge in [0.05, 0.1) is 0 Å². The number of aryl methyl sites for hydroxylation is 1. The highest BCUT2D eigenvalue weighted by Gasteiger charge is 2.15. The second-order valence-electron chi connectivity index (χ2n) is 4.09. The van der Waals surface area contributed by atoms with Crippen molar-refractivity contribution in [2.45, 2.75) is 0 Å². The molecular formula is C10H8N8O2. The summed E-state index contributed by atoms with van der Waals surface area (Å²) in [6, 6.07) is 1.79. The third kappa shape index (κ3) is 1.46. The fourth-order valence-electron chi connectivity index (χ4n) is 1.84. The van der Waals surface area contributed by atoms with E-state index < -0.39 is 11.2 Å². The molecule has 10 nitrogen and oxygen atoms in total. The molecule has 0 spiro atoms. The highest BCUT2D eigenvalue weighted by atomic mass is 16.2. The molecule has 3 rings (SSSR count). The van der Waals surface area contributed by atoms with E-state index in [1.54, 1.807) is 6.07 Å². The van der Waals surface area contributed by atoms with Crippen LogP contribution in [0.15, 0.2) is 15.9 Å². The van der Waals surface area contributed by atoms with Gasteiger partial charge in [0.1, 0.15) is 12.4 Å². The summed E-state index contributed by atoms with van der Waals surface area (Å²) in [5.74, 6) is 0.180. The van der Waals surface area contributed by atoms with Gasteiger partial charge >= 0.3 is 5.69 Å². The van der Waals surface area contributed by atoms with E-state index in [0.29, 0.717) is 0 Å². The summed E-state index contributed by atoms with van der Waals surface area (Å²) in [5.41, 5.74) is -0.569. The Morgan fingerprint density at radius 1 is 1.30 bits per heavy atom. The fourth-order valence-corrected chi connectivity index (χ4v) is 1.84. The van der Waals surface area contributed by atoms with Gasteiger partial charge in [-0.2, -0.15) is 14.9 Å². The van der Waals surface area contributed by atoms with Crippen molar-refractivity contribution < 1.29 is 0 Å². The topological polar surface area (TPSA) is 127 Å². The molecule has 0 aliphatic heterocycles. The number of rotatable bonds is 1. The van der Waals surface area contributed by atoms with Gasteiger partial charge < -0.3 is 4.98 Å². The van der Waals surface area contributed by atoms with Crippen LogP contribution in [0.25, 0.3) is 17.1 Å². The largest absolute Gasteiger partial charge is 0.332 e. The lowest BCUT2D eigenvalue weighted by atomic mass is 10.5. The molecule has 1 N–H and O–H groups in total. The lowest BCUT2D eigenvalue weighted by molar-refractivity contribution is 0.708. The molecule has 0 fully saturated rings. The van der Waals surface area contributed by atoms with Crippen LogP contribution in [-0.2, 0) is 14.1 Å². The molecule has 0 aliphatic rings. The van der Waals surface area contributed by atoms with Crippen molar-refractivity contribution in [3.8, 4) is 12.0 Å². The monoisotopic (exact) mass is 272 g/mol. The van der Waals surface area contributed by atoms with Gasteiger partial charge in [0, 0.05) is 14.1 Å². The maximum absolute atomic E-state index is 12.0. The van der Waals surface area contributed by atoms with E-state index in [1.165, 1.54) is 29.7 Å². The second kappa shape index (κ2) is 3.89. The second-order valence-corrected chi connectivity index (χ2v) is 4.09. The fraction of sp³-hybridized carbons (Fsp3) is 0.200. The summed E-state index contributed by atoms with van der Waals surface area (Å²) in [4.78, 5) is 34.4. The van der Waals surface area contributed by atoms with Crippen molar-refractivity contribution >= 4 is 11.2 Å². The van der Waals surface area contributed by atoms with Crippen molar-refractivity contribution in [1.82, 2.24) is 33.9 Å².